The predicted octanol–water partition coefficient (Wildman–Crippen LogP) is 4.32. The molecule has 0 aliphatic rings. The van der Waals surface area contributed by atoms with Gasteiger partial charge in [-0.2, -0.15) is 0 Å². The fourth-order valence-corrected chi connectivity index (χ4v) is 3.15. The molecule has 1 N–H and O–H groups in total. The van der Waals surface area contributed by atoms with E-state index in [4.69, 9.17) is 9.47 Å². The number of non-ortho nitro benzene ring substituents is 1. The molecule has 0 saturated carbocycles. The van der Waals surface area contributed by atoms with Crippen LogP contribution in [0.4, 0.5) is 17.1 Å². The van der Waals surface area contributed by atoms with Crippen LogP contribution < -0.4 is 14.8 Å². The Morgan fingerprint density at radius 2 is 1.67 bits per heavy atom. The smallest absolute Gasteiger partial charge is 0.350 e. The van der Waals surface area contributed by atoms with Gasteiger partial charge in [-0.15, -0.1) is 5.10 Å². The average molecular weight is 455 g/mol. The van der Waals surface area contributed by atoms with E-state index in [2.05, 4.69) is 10.4 Å². The number of benzene rings is 2. The third-order valence-electron chi connectivity index (χ3n) is 4.65. The van der Waals surface area contributed by atoms with Crippen molar-refractivity contribution in [3.63, 3.8) is 0 Å². The molecule has 0 radical (unpaired) electrons. The highest BCUT2D eigenvalue weighted by molar-refractivity contribution is 5.94. The normalized spacial score (nSPS) is 11.5. The summed E-state index contributed by atoms with van der Waals surface area (Å²) in [5.74, 6) is -0.185. The first-order valence-electron chi connectivity index (χ1n) is 9.71. The maximum atomic E-state index is 12.7. The van der Waals surface area contributed by atoms with Gasteiger partial charge < -0.3 is 14.8 Å². The molecule has 0 fully saturated rings. The average Bonchev–Trinajstić information content (AvgIpc) is 3.17. The van der Waals surface area contributed by atoms with E-state index in [9.17, 15) is 25.0 Å². The van der Waals surface area contributed by atoms with Gasteiger partial charge in [0, 0.05) is 12.1 Å². The van der Waals surface area contributed by atoms with E-state index in [0.29, 0.717) is 5.75 Å². The molecular formula is C21H21N5O7. The van der Waals surface area contributed by atoms with Gasteiger partial charge in [0.05, 0.1) is 28.7 Å². The van der Waals surface area contributed by atoms with Crippen LogP contribution in [0.3, 0.4) is 0 Å². The molecule has 12 nitrogen and oxygen atoms in total. The lowest BCUT2D eigenvalue weighted by atomic mass is 10.1. The fourth-order valence-electron chi connectivity index (χ4n) is 3.15. The van der Waals surface area contributed by atoms with Gasteiger partial charge in [-0.1, -0.05) is 6.07 Å². The minimum absolute atomic E-state index is 0.119. The topological polar surface area (TPSA) is 152 Å². The van der Waals surface area contributed by atoms with Crippen LogP contribution >= 0.6 is 0 Å². The lowest BCUT2D eigenvalue weighted by Gasteiger charge is -2.14. The first-order chi connectivity index (χ1) is 15.6. The number of carbonyl (C=O) groups is 1. The Bertz CT molecular complexity index is 1220. The van der Waals surface area contributed by atoms with Crippen molar-refractivity contribution in [2.24, 2.45) is 0 Å². The number of rotatable bonds is 8. The van der Waals surface area contributed by atoms with Crippen LogP contribution in [0.2, 0.25) is 0 Å². The number of nitrogens with zero attached hydrogens (tertiary/aromatic N) is 4. The zero-order valence-corrected chi connectivity index (χ0v) is 18.3. The van der Waals surface area contributed by atoms with Crippen LogP contribution in [-0.4, -0.2) is 32.6 Å². The minimum atomic E-state index is -0.976. The van der Waals surface area contributed by atoms with Crippen molar-refractivity contribution in [1.82, 2.24) is 9.78 Å². The van der Waals surface area contributed by atoms with E-state index < -0.39 is 27.5 Å². The van der Waals surface area contributed by atoms with E-state index in [0.717, 1.165) is 22.0 Å². The maximum Gasteiger partial charge on any atom is 0.350 e. The second-order valence-electron chi connectivity index (χ2n) is 7.32. The third-order valence-corrected chi connectivity index (χ3v) is 4.65. The summed E-state index contributed by atoms with van der Waals surface area (Å²) in [7, 11) is 1.23. The largest absolute Gasteiger partial charge is 0.475 e. The highest BCUT2D eigenvalue weighted by Crippen LogP contribution is 2.31. The van der Waals surface area contributed by atoms with Crippen molar-refractivity contribution in [1.29, 1.82) is 0 Å². The number of ether oxygens (including phenoxy) is 2. The van der Waals surface area contributed by atoms with E-state index in [-0.39, 0.29) is 23.0 Å². The highest BCUT2D eigenvalue weighted by Gasteiger charge is 2.25. The number of anilines is 1. The van der Waals surface area contributed by atoms with Gasteiger partial charge in [0.2, 0.25) is 5.91 Å². The molecule has 33 heavy (non-hydrogen) atoms. The molecule has 1 unspecified atom stereocenters. The molecule has 3 aromatic rings. The van der Waals surface area contributed by atoms with Gasteiger partial charge in [-0.25, -0.2) is 4.68 Å². The quantitative estimate of drug-likeness (QED) is 0.389. The number of carbonyl (C=O) groups excluding carboxylic acids is 1. The summed E-state index contributed by atoms with van der Waals surface area (Å²) >= 11 is 0. The first-order valence-corrected chi connectivity index (χ1v) is 9.71. The number of methoxy groups -OCH3 is 1. The highest BCUT2D eigenvalue weighted by atomic mass is 16.6. The monoisotopic (exact) mass is 455 g/mol. The van der Waals surface area contributed by atoms with Crippen LogP contribution in [0.5, 0.6) is 17.4 Å². The van der Waals surface area contributed by atoms with Gasteiger partial charge in [0.25, 0.3) is 5.69 Å². The summed E-state index contributed by atoms with van der Waals surface area (Å²) in [5.41, 5.74) is 1.37. The Kier molecular flexibility index (Phi) is 6.56. The lowest BCUT2D eigenvalue weighted by molar-refractivity contribution is -0.385. The van der Waals surface area contributed by atoms with Gasteiger partial charge in [0.1, 0.15) is 23.7 Å². The summed E-state index contributed by atoms with van der Waals surface area (Å²) < 4.78 is 11.7. The summed E-state index contributed by atoms with van der Waals surface area (Å²) in [6.45, 7) is 5.26. The fraction of sp³-hybridized carbons (Fsp3) is 0.238. The molecule has 0 bridgehead atoms. The predicted molar refractivity (Wildman–Crippen MR) is 118 cm³/mol. The summed E-state index contributed by atoms with van der Waals surface area (Å²) in [5, 5.41) is 29.0. The number of amides is 1. The Hall–Kier alpha value is -4.48. The Labute approximate surface area is 188 Å². The molecule has 1 amide bonds. The summed E-state index contributed by atoms with van der Waals surface area (Å²) in [6, 6.07) is 8.43. The molecule has 0 aliphatic heterocycles. The van der Waals surface area contributed by atoms with Crippen LogP contribution in [0.1, 0.15) is 24.1 Å². The van der Waals surface area contributed by atoms with Crippen LogP contribution in [-0.2, 0) is 4.79 Å². The summed E-state index contributed by atoms with van der Waals surface area (Å²) in [6.07, 6.45) is 1.07. The van der Waals surface area contributed by atoms with Crippen molar-refractivity contribution in [3.8, 4) is 17.4 Å². The number of aryl methyl sites for hydroxylation is 2. The standard InChI is InChI=1S/C21H21N5O7/c1-12-5-13(2)7-17(6-12)33-18-9-15(8-16(10-18)25(28)29)22-20(27)14(3)24-11-19(26(30)31)21(23-24)32-4/h5-11,14H,1-4H3,(H,22,27). The zero-order chi connectivity index (χ0) is 24.3. The molecule has 3 rings (SSSR count). The number of hydrogen-bond acceptors (Lipinski definition) is 8. The van der Waals surface area contributed by atoms with Crippen molar-refractivity contribution < 1.29 is 24.1 Å². The van der Waals surface area contributed by atoms with E-state index >= 15 is 0 Å². The number of hydrogen-bond donors (Lipinski definition) is 1. The number of nitro benzene ring substituents is 1. The van der Waals surface area contributed by atoms with Gasteiger partial charge in [-0.05, 0) is 44.0 Å². The number of aromatic nitrogens is 2. The van der Waals surface area contributed by atoms with Gasteiger partial charge >= 0.3 is 11.6 Å². The molecular weight excluding hydrogens is 434 g/mol. The zero-order valence-electron chi connectivity index (χ0n) is 18.3. The van der Waals surface area contributed by atoms with Crippen molar-refractivity contribution in [2.75, 3.05) is 12.4 Å². The number of nitrogens with one attached hydrogen (secondary N) is 1. The first kappa shape index (κ1) is 23.2. The van der Waals surface area contributed by atoms with E-state index in [1.165, 1.54) is 32.2 Å². The molecule has 1 atom stereocenters. The second kappa shape index (κ2) is 9.34. The molecule has 12 heteroatoms. The van der Waals surface area contributed by atoms with E-state index in [1.54, 1.807) is 12.1 Å². The third kappa shape index (κ3) is 5.42. The second-order valence-corrected chi connectivity index (χ2v) is 7.32. The van der Waals surface area contributed by atoms with Crippen molar-refractivity contribution in [2.45, 2.75) is 26.8 Å². The SMILES string of the molecule is COc1nn(C(C)C(=O)Nc2cc(Oc3cc(C)cc(C)c3)cc([N+](=O)[O-])c2)cc1[N+](=O)[O-]. The minimum Gasteiger partial charge on any atom is -0.475 e. The Morgan fingerprint density at radius 1 is 1.03 bits per heavy atom. The van der Waals surface area contributed by atoms with Crippen molar-refractivity contribution in [3.05, 3.63) is 74.0 Å². The molecule has 1 heterocycles. The molecule has 172 valence electrons. The van der Waals surface area contributed by atoms with E-state index in [1.807, 2.05) is 19.9 Å². The number of nitro groups is 2. The van der Waals surface area contributed by atoms with Gasteiger partial charge in [0.15, 0.2) is 0 Å². The molecule has 0 spiro atoms. The lowest BCUT2D eigenvalue weighted by Crippen LogP contribution is -2.24. The van der Waals surface area contributed by atoms with Crippen molar-refractivity contribution >= 4 is 23.0 Å². The van der Waals surface area contributed by atoms with Crippen LogP contribution in [0, 0.1) is 34.1 Å². The molecule has 0 aliphatic carbocycles. The van der Waals surface area contributed by atoms with Crippen LogP contribution in [0.15, 0.2) is 42.6 Å². The molecule has 1 aromatic heterocycles. The Morgan fingerprint density at radius 3 is 2.21 bits per heavy atom. The maximum absolute atomic E-state index is 12.7. The molecule has 2 aromatic carbocycles. The van der Waals surface area contributed by atoms with Crippen LogP contribution in [0.25, 0.3) is 0 Å². The summed E-state index contributed by atoms with van der Waals surface area (Å²) in [4.78, 5) is 34.0. The van der Waals surface area contributed by atoms with Gasteiger partial charge in [-0.3, -0.25) is 25.0 Å². The Balaban J connectivity index is 1.87. The molecule has 0 saturated heterocycles.